The molecule has 0 saturated carbocycles. The van der Waals surface area contributed by atoms with Gasteiger partial charge in [0.15, 0.2) is 9.04 Å². The van der Waals surface area contributed by atoms with Crippen LogP contribution in [0.15, 0.2) is 0 Å². The van der Waals surface area contributed by atoms with Crippen LogP contribution in [0.1, 0.15) is 33.6 Å². The van der Waals surface area contributed by atoms with Crippen LogP contribution >= 0.6 is 0 Å². The Bertz CT molecular complexity index is 238. The van der Waals surface area contributed by atoms with Crippen molar-refractivity contribution in [3.05, 3.63) is 0 Å². The van der Waals surface area contributed by atoms with E-state index in [0.29, 0.717) is 12.3 Å². The quantitative estimate of drug-likeness (QED) is 0.769. The van der Waals surface area contributed by atoms with E-state index in [0.717, 1.165) is 13.0 Å². The minimum Gasteiger partial charge on any atom is -0.417 e. The van der Waals surface area contributed by atoms with E-state index in [1.54, 1.807) is 0 Å². The number of carbonyl (C=O) groups is 1. The monoisotopic (exact) mass is 243 g/mol. The van der Waals surface area contributed by atoms with E-state index in [9.17, 15) is 4.79 Å². The first-order valence-corrected chi connectivity index (χ1v) is 9.01. The Kier molecular flexibility index (Phi) is 4.56. The van der Waals surface area contributed by atoms with E-state index in [2.05, 4.69) is 39.2 Å². The molecule has 1 rings (SSSR count). The normalized spacial score (nSPS) is 24.4. The summed E-state index contributed by atoms with van der Waals surface area (Å²) in [5, 5.41) is 2.95. The second-order valence-corrected chi connectivity index (χ2v) is 8.44. The molecule has 2 atom stereocenters. The molecule has 0 aliphatic carbocycles. The molecular formula is C12H25NO2Si. The number of nitrogens with one attached hydrogen (secondary N) is 1. The third kappa shape index (κ3) is 3.90. The van der Waals surface area contributed by atoms with Gasteiger partial charge in [0.25, 0.3) is 0 Å². The summed E-state index contributed by atoms with van der Waals surface area (Å²) in [6.45, 7) is 11.9. The highest BCUT2D eigenvalue weighted by molar-refractivity contribution is 6.48. The van der Waals surface area contributed by atoms with Crippen LogP contribution in [0.2, 0.25) is 13.1 Å². The van der Waals surface area contributed by atoms with Crippen molar-refractivity contribution in [1.29, 1.82) is 0 Å². The molecule has 1 aliphatic rings. The zero-order valence-electron chi connectivity index (χ0n) is 11.2. The Hall–Kier alpha value is -0.353. The molecule has 1 N–H and O–H groups in total. The molecule has 1 heterocycles. The minimum absolute atomic E-state index is 0.157. The first kappa shape index (κ1) is 13.7. The summed E-state index contributed by atoms with van der Waals surface area (Å²) in [5.74, 6) is 0.665. The van der Waals surface area contributed by atoms with Crippen molar-refractivity contribution in [2.75, 3.05) is 6.54 Å². The highest BCUT2D eigenvalue weighted by atomic mass is 28.3. The highest BCUT2D eigenvalue weighted by Crippen LogP contribution is 2.32. The molecule has 0 spiro atoms. The van der Waals surface area contributed by atoms with Crippen molar-refractivity contribution >= 4 is 14.9 Å². The lowest BCUT2D eigenvalue weighted by atomic mass is 9.78. The minimum atomic E-state index is -1.03. The Morgan fingerprint density at radius 1 is 1.44 bits per heavy atom. The standard InChI is InChI=1S/C12H25NO2Si/c1-12(2,3)11(15-16(4)5)9-6-7-10(14)13-8-9/h9,11,16H,6-8H2,1-5H3,(H,13,14). The van der Waals surface area contributed by atoms with Gasteiger partial charge in [-0.2, -0.15) is 0 Å². The number of amides is 1. The SMILES string of the molecule is C[SiH](C)OC(C1CCC(=O)NC1)C(C)(C)C. The van der Waals surface area contributed by atoms with Crippen molar-refractivity contribution in [3.8, 4) is 0 Å². The summed E-state index contributed by atoms with van der Waals surface area (Å²) in [6.07, 6.45) is 1.90. The maximum atomic E-state index is 11.2. The molecule has 4 heteroatoms. The van der Waals surface area contributed by atoms with Crippen LogP contribution in [0.25, 0.3) is 0 Å². The van der Waals surface area contributed by atoms with Gasteiger partial charge in [-0.1, -0.05) is 20.8 Å². The molecule has 94 valence electrons. The second-order valence-electron chi connectivity index (χ2n) is 6.07. The van der Waals surface area contributed by atoms with Crippen LogP contribution in [-0.4, -0.2) is 27.6 Å². The van der Waals surface area contributed by atoms with Gasteiger partial charge in [0.2, 0.25) is 5.91 Å². The third-order valence-electron chi connectivity index (χ3n) is 3.00. The molecule has 0 bridgehead atoms. The predicted molar refractivity (Wildman–Crippen MR) is 68.9 cm³/mol. The molecule has 0 aromatic rings. The Labute approximate surface area is 101 Å². The molecule has 1 fully saturated rings. The third-order valence-corrected chi connectivity index (χ3v) is 3.84. The van der Waals surface area contributed by atoms with E-state index in [1.165, 1.54) is 0 Å². The van der Waals surface area contributed by atoms with Gasteiger partial charge in [0, 0.05) is 18.9 Å². The fraction of sp³-hybridized carbons (Fsp3) is 0.917. The van der Waals surface area contributed by atoms with Gasteiger partial charge in [-0.3, -0.25) is 4.79 Å². The fourth-order valence-corrected chi connectivity index (χ4v) is 3.54. The first-order valence-electron chi connectivity index (χ1n) is 6.23. The summed E-state index contributed by atoms with van der Waals surface area (Å²) < 4.78 is 6.18. The topological polar surface area (TPSA) is 38.3 Å². The van der Waals surface area contributed by atoms with Crippen LogP contribution < -0.4 is 5.32 Å². The molecule has 3 nitrogen and oxygen atoms in total. The summed E-state index contributed by atoms with van der Waals surface area (Å²) >= 11 is 0. The van der Waals surface area contributed by atoms with Gasteiger partial charge in [-0.05, 0) is 24.9 Å². The van der Waals surface area contributed by atoms with Crippen molar-refractivity contribution < 1.29 is 9.22 Å². The number of hydrogen-bond acceptors (Lipinski definition) is 2. The fourth-order valence-electron chi connectivity index (χ4n) is 2.33. The van der Waals surface area contributed by atoms with E-state index in [4.69, 9.17) is 4.43 Å². The molecule has 1 amide bonds. The van der Waals surface area contributed by atoms with Gasteiger partial charge in [-0.15, -0.1) is 0 Å². The van der Waals surface area contributed by atoms with E-state index in [-0.39, 0.29) is 17.4 Å². The Morgan fingerprint density at radius 2 is 2.06 bits per heavy atom. The lowest BCUT2D eigenvalue weighted by molar-refractivity contribution is -0.124. The molecule has 0 radical (unpaired) electrons. The van der Waals surface area contributed by atoms with E-state index in [1.807, 2.05) is 0 Å². The van der Waals surface area contributed by atoms with E-state index >= 15 is 0 Å². The van der Waals surface area contributed by atoms with Crippen molar-refractivity contribution in [3.63, 3.8) is 0 Å². The van der Waals surface area contributed by atoms with Gasteiger partial charge >= 0.3 is 0 Å². The van der Waals surface area contributed by atoms with Crippen LogP contribution in [-0.2, 0) is 9.22 Å². The Morgan fingerprint density at radius 3 is 2.44 bits per heavy atom. The zero-order valence-corrected chi connectivity index (χ0v) is 12.3. The second kappa shape index (κ2) is 5.32. The molecule has 2 unspecified atom stereocenters. The van der Waals surface area contributed by atoms with Gasteiger partial charge in [-0.25, -0.2) is 0 Å². The number of rotatable bonds is 3. The Balaban J connectivity index is 2.65. The van der Waals surface area contributed by atoms with Crippen molar-refractivity contribution in [2.45, 2.75) is 52.8 Å². The summed E-state index contributed by atoms with van der Waals surface area (Å²) in [5.41, 5.74) is 0.157. The number of hydrogen-bond donors (Lipinski definition) is 1. The van der Waals surface area contributed by atoms with Crippen molar-refractivity contribution in [1.82, 2.24) is 5.32 Å². The van der Waals surface area contributed by atoms with Gasteiger partial charge in [0.05, 0.1) is 6.10 Å². The molecule has 16 heavy (non-hydrogen) atoms. The summed E-state index contributed by atoms with van der Waals surface area (Å²) in [6, 6.07) is 0. The van der Waals surface area contributed by atoms with Crippen LogP contribution in [0.4, 0.5) is 0 Å². The van der Waals surface area contributed by atoms with Crippen LogP contribution in [0.5, 0.6) is 0 Å². The van der Waals surface area contributed by atoms with Gasteiger partial charge < -0.3 is 9.74 Å². The average Bonchev–Trinajstić information content (AvgIpc) is 2.14. The number of piperidine rings is 1. The molecular weight excluding hydrogens is 218 g/mol. The van der Waals surface area contributed by atoms with Crippen LogP contribution in [0.3, 0.4) is 0 Å². The lowest BCUT2D eigenvalue weighted by Gasteiger charge is -2.40. The molecule has 1 saturated heterocycles. The maximum Gasteiger partial charge on any atom is 0.220 e. The largest absolute Gasteiger partial charge is 0.417 e. The lowest BCUT2D eigenvalue weighted by Crippen LogP contribution is -2.47. The van der Waals surface area contributed by atoms with E-state index < -0.39 is 9.04 Å². The average molecular weight is 243 g/mol. The summed E-state index contributed by atoms with van der Waals surface area (Å²) in [4.78, 5) is 11.2. The predicted octanol–water partition coefficient (Wildman–Crippen LogP) is 1.93. The van der Waals surface area contributed by atoms with Crippen LogP contribution in [0, 0.1) is 11.3 Å². The van der Waals surface area contributed by atoms with Crippen molar-refractivity contribution in [2.24, 2.45) is 11.3 Å². The smallest absolute Gasteiger partial charge is 0.220 e. The first-order chi connectivity index (χ1) is 7.30. The number of carbonyl (C=O) groups excluding carboxylic acids is 1. The molecule has 0 aromatic heterocycles. The zero-order chi connectivity index (χ0) is 12.3. The highest BCUT2D eigenvalue weighted by Gasteiger charge is 2.35. The molecule has 0 aromatic carbocycles. The summed E-state index contributed by atoms with van der Waals surface area (Å²) in [7, 11) is -1.03. The maximum absolute atomic E-state index is 11.2. The molecule has 1 aliphatic heterocycles. The van der Waals surface area contributed by atoms with Gasteiger partial charge in [0.1, 0.15) is 0 Å².